The second kappa shape index (κ2) is 7.79. The minimum Gasteiger partial charge on any atom is -0.487 e. The highest BCUT2D eigenvalue weighted by molar-refractivity contribution is 5.45. The minimum atomic E-state index is -0.0799. The Morgan fingerprint density at radius 3 is 2.69 bits per heavy atom. The van der Waals surface area contributed by atoms with Crippen molar-refractivity contribution < 1.29 is 4.74 Å². The molecule has 0 amide bonds. The van der Waals surface area contributed by atoms with Crippen LogP contribution in [0.1, 0.15) is 103 Å². The van der Waals surface area contributed by atoms with E-state index >= 15 is 0 Å². The van der Waals surface area contributed by atoms with E-state index < -0.39 is 0 Å². The Morgan fingerprint density at radius 1 is 1.19 bits per heavy atom. The minimum absolute atomic E-state index is 0.0799. The molecule has 26 heavy (non-hydrogen) atoms. The van der Waals surface area contributed by atoms with Crippen LogP contribution in [0.3, 0.4) is 0 Å². The molecule has 0 saturated carbocycles. The van der Waals surface area contributed by atoms with E-state index in [2.05, 4.69) is 65.8 Å². The van der Waals surface area contributed by atoms with Gasteiger partial charge in [-0.3, -0.25) is 0 Å². The average molecular weight is 355 g/mol. The molecule has 4 atom stereocenters. The molecule has 1 aromatic carbocycles. The number of allylic oxidation sites excluding steroid dienone is 2. The van der Waals surface area contributed by atoms with Crippen molar-refractivity contribution in [3.05, 3.63) is 41.0 Å². The maximum absolute atomic E-state index is 6.56. The van der Waals surface area contributed by atoms with Gasteiger partial charge in [0.05, 0.1) is 0 Å². The van der Waals surface area contributed by atoms with Crippen molar-refractivity contribution >= 4 is 0 Å². The third-order valence-electron chi connectivity index (χ3n) is 7.09. The SMILES string of the molecule is CCCCC[C@@H](C)[C@H](C)c1ccc2c(c1)OC(C)(C)[C@@H]1CC=C(C)C[C@@H]21. The molecule has 0 radical (unpaired) electrons. The Hall–Kier alpha value is -1.24. The summed E-state index contributed by atoms with van der Waals surface area (Å²) in [6, 6.07) is 7.12. The molecule has 1 aliphatic heterocycles. The number of fused-ring (bicyclic) bond motifs is 3. The second-order valence-corrected chi connectivity index (χ2v) is 9.47. The molecule has 3 rings (SSSR count). The van der Waals surface area contributed by atoms with E-state index in [0.29, 0.717) is 17.8 Å². The van der Waals surface area contributed by atoms with Gasteiger partial charge in [0.25, 0.3) is 0 Å². The topological polar surface area (TPSA) is 9.23 Å². The van der Waals surface area contributed by atoms with Crippen LogP contribution in [0.4, 0.5) is 0 Å². The fourth-order valence-electron chi connectivity index (χ4n) is 5.04. The lowest BCUT2D eigenvalue weighted by atomic mass is 9.67. The van der Waals surface area contributed by atoms with Gasteiger partial charge in [0.1, 0.15) is 11.4 Å². The Balaban J connectivity index is 1.83. The van der Waals surface area contributed by atoms with Crippen LogP contribution in [0.5, 0.6) is 5.75 Å². The van der Waals surface area contributed by atoms with E-state index in [0.717, 1.165) is 18.1 Å². The van der Waals surface area contributed by atoms with Crippen LogP contribution in [0.2, 0.25) is 0 Å². The van der Waals surface area contributed by atoms with Crippen LogP contribution < -0.4 is 4.74 Å². The van der Waals surface area contributed by atoms with E-state index in [1.165, 1.54) is 48.8 Å². The molecule has 0 unspecified atom stereocenters. The fourth-order valence-corrected chi connectivity index (χ4v) is 5.04. The zero-order chi connectivity index (χ0) is 18.9. The van der Waals surface area contributed by atoms with Crippen LogP contribution in [0.25, 0.3) is 0 Å². The smallest absolute Gasteiger partial charge is 0.123 e. The lowest BCUT2D eigenvalue weighted by molar-refractivity contribution is 0.00843. The van der Waals surface area contributed by atoms with Crippen molar-refractivity contribution in [3.63, 3.8) is 0 Å². The van der Waals surface area contributed by atoms with Gasteiger partial charge in [-0.2, -0.15) is 0 Å². The standard InChI is InChI=1S/C25H38O/c1-7-8-9-10-18(3)19(4)20-12-13-21-22-15-17(2)11-14-23(22)25(5,6)26-24(21)16-20/h11-13,16,18-19,22-23H,7-10,14-15H2,1-6H3/t18-,19+,22+,23-/m1/s1. The van der Waals surface area contributed by atoms with E-state index in [1.54, 1.807) is 0 Å². The number of hydrogen-bond acceptors (Lipinski definition) is 1. The molecule has 1 aromatic rings. The molecule has 0 fully saturated rings. The first-order valence-electron chi connectivity index (χ1n) is 10.8. The quantitative estimate of drug-likeness (QED) is 0.377. The molecule has 1 aliphatic carbocycles. The molecule has 1 heteroatoms. The molecule has 0 saturated heterocycles. The summed E-state index contributed by atoms with van der Waals surface area (Å²) < 4.78 is 6.56. The fraction of sp³-hybridized carbons (Fsp3) is 0.680. The number of hydrogen-bond donors (Lipinski definition) is 0. The highest BCUT2D eigenvalue weighted by atomic mass is 16.5. The zero-order valence-corrected chi connectivity index (χ0v) is 17.8. The van der Waals surface area contributed by atoms with Gasteiger partial charge in [-0.05, 0) is 68.6 Å². The van der Waals surface area contributed by atoms with Crippen LogP contribution in [-0.4, -0.2) is 5.60 Å². The van der Waals surface area contributed by atoms with Gasteiger partial charge in [-0.15, -0.1) is 0 Å². The molecule has 1 heterocycles. The zero-order valence-electron chi connectivity index (χ0n) is 17.8. The summed E-state index contributed by atoms with van der Waals surface area (Å²) in [5, 5.41) is 0. The summed E-state index contributed by atoms with van der Waals surface area (Å²) >= 11 is 0. The third kappa shape index (κ3) is 3.87. The largest absolute Gasteiger partial charge is 0.487 e. The highest BCUT2D eigenvalue weighted by Gasteiger charge is 2.44. The summed E-state index contributed by atoms with van der Waals surface area (Å²) in [7, 11) is 0. The Bertz CT molecular complexity index is 654. The van der Waals surface area contributed by atoms with Gasteiger partial charge >= 0.3 is 0 Å². The number of benzene rings is 1. The Kier molecular flexibility index (Phi) is 5.85. The average Bonchev–Trinajstić information content (AvgIpc) is 2.60. The van der Waals surface area contributed by atoms with Gasteiger partial charge in [-0.25, -0.2) is 0 Å². The molecule has 0 spiro atoms. The first-order chi connectivity index (χ1) is 12.3. The van der Waals surface area contributed by atoms with E-state index in [1.807, 2.05) is 0 Å². The summed E-state index contributed by atoms with van der Waals surface area (Å²) in [4.78, 5) is 0. The third-order valence-corrected chi connectivity index (χ3v) is 7.09. The van der Waals surface area contributed by atoms with Crippen molar-refractivity contribution in [2.24, 2.45) is 11.8 Å². The van der Waals surface area contributed by atoms with E-state index in [-0.39, 0.29) is 5.60 Å². The molecule has 0 bridgehead atoms. The van der Waals surface area contributed by atoms with Crippen molar-refractivity contribution in [2.75, 3.05) is 0 Å². The highest BCUT2D eigenvalue weighted by Crippen LogP contribution is 2.51. The predicted molar refractivity (Wildman–Crippen MR) is 112 cm³/mol. The second-order valence-electron chi connectivity index (χ2n) is 9.47. The first kappa shape index (κ1) is 19.5. The molecule has 0 aromatic heterocycles. The van der Waals surface area contributed by atoms with Gasteiger partial charge < -0.3 is 4.74 Å². The van der Waals surface area contributed by atoms with Gasteiger partial charge in [0.15, 0.2) is 0 Å². The van der Waals surface area contributed by atoms with Gasteiger partial charge in [-0.1, -0.05) is 70.2 Å². The normalized spacial score (nSPS) is 26.2. The van der Waals surface area contributed by atoms with Crippen LogP contribution in [-0.2, 0) is 0 Å². The molecule has 1 nitrogen and oxygen atoms in total. The van der Waals surface area contributed by atoms with Crippen molar-refractivity contribution in [3.8, 4) is 5.75 Å². The van der Waals surface area contributed by atoms with E-state index in [4.69, 9.17) is 4.74 Å². The number of ether oxygens (including phenoxy) is 1. The summed E-state index contributed by atoms with van der Waals surface area (Å²) in [6.07, 6.45) is 10.1. The summed E-state index contributed by atoms with van der Waals surface area (Å²) in [5.41, 5.74) is 4.35. The summed E-state index contributed by atoms with van der Waals surface area (Å²) in [6.45, 7) is 13.9. The molecule has 144 valence electrons. The van der Waals surface area contributed by atoms with Crippen LogP contribution in [0.15, 0.2) is 29.8 Å². The molecule has 2 aliphatic rings. The lowest BCUT2D eigenvalue weighted by Gasteiger charge is -2.47. The van der Waals surface area contributed by atoms with Crippen molar-refractivity contribution in [2.45, 2.75) is 97.5 Å². The van der Waals surface area contributed by atoms with Gasteiger partial charge in [0.2, 0.25) is 0 Å². The number of unbranched alkanes of at least 4 members (excludes halogenated alkanes) is 2. The molecule has 0 N–H and O–H groups in total. The predicted octanol–water partition coefficient (Wildman–Crippen LogP) is 7.62. The van der Waals surface area contributed by atoms with Crippen molar-refractivity contribution in [1.29, 1.82) is 0 Å². The first-order valence-corrected chi connectivity index (χ1v) is 10.8. The van der Waals surface area contributed by atoms with Gasteiger partial charge in [0, 0.05) is 5.92 Å². The maximum atomic E-state index is 6.56. The monoisotopic (exact) mass is 354 g/mol. The maximum Gasteiger partial charge on any atom is 0.123 e. The molecular weight excluding hydrogens is 316 g/mol. The van der Waals surface area contributed by atoms with Crippen LogP contribution >= 0.6 is 0 Å². The van der Waals surface area contributed by atoms with E-state index in [9.17, 15) is 0 Å². The van der Waals surface area contributed by atoms with Crippen LogP contribution in [0, 0.1) is 11.8 Å². The lowest BCUT2D eigenvalue weighted by Crippen LogP contribution is -2.45. The van der Waals surface area contributed by atoms with Crippen molar-refractivity contribution in [1.82, 2.24) is 0 Å². The Labute approximate surface area is 161 Å². The Morgan fingerprint density at radius 2 is 1.96 bits per heavy atom. The summed E-state index contributed by atoms with van der Waals surface area (Å²) in [5.74, 6) is 3.68. The number of rotatable bonds is 6. The molecular formula is C25H38O.